The van der Waals surface area contributed by atoms with Crippen molar-refractivity contribution in [2.45, 2.75) is 44.8 Å². The number of hydrogen-bond donors (Lipinski definition) is 1. The average molecular weight is 321 g/mol. The summed E-state index contributed by atoms with van der Waals surface area (Å²) in [6, 6.07) is 0.223. The Hall–Kier alpha value is -0.780. The first-order valence-electron chi connectivity index (χ1n) is 6.77. The Balaban J connectivity index is 0.000001000. The second-order valence-electron chi connectivity index (χ2n) is 5.41. The van der Waals surface area contributed by atoms with Crippen molar-refractivity contribution < 1.29 is 4.79 Å². The van der Waals surface area contributed by atoms with Gasteiger partial charge in [0.2, 0.25) is 5.91 Å². The van der Waals surface area contributed by atoms with Gasteiger partial charge in [-0.25, -0.2) is 4.98 Å². The number of fused-ring (bicyclic) bond motifs is 1. The summed E-state index contributed by atoms with van der Waals surface area (Å²) in [6.07, 6.45) is 7.74. The van der Waals surface area contributed by atoms with Crippen molar-refractivity contribution in [1.82, 2.24) is 14.5 Å². The molecule has 2 N–H and O–H groups in total. The topological polar surface area (TPSA) is 64.2 Å². The molecule has 1 aromatic rings. The number of hydrogen-bond acceptors (Lipinski definition) is 3. The van der Waals surface area contributed by atoms with Crippen LogP contribution in [-0.2, 0) is 17.9 Å². The smallest absolute Gasteiger partial charge is 0.223 e. The van der Waals surface area contributed by atoms with E-state index in [2.05, 4.69) is 9.55 Å². The zero-order chi connectivity index (χ0) is 12.5. The maximum absolute atomic E-state index is 12.3. The van der Waals surface area contributed by atoms with Crippen molar-refractivity contribution in [3.8, 4) is 0 Å². The maximum Gasteiger partial charge on any atom is 0.223 e. The molecule has 0 aromatic carbocycles. The molecule has 1 fully saturated rings. The molecule has 114 valence electrons. The lowest BCUT2D eigenvalue weighted by Gasteiger charge is -2.29. The van der Waals surface area contributed by atoms with Crippen molar-refractivity contribution in [2.24, 2.45) is 11.7 Å². The molecule has 1 aliphatic carbocycles. The molecule has 7 heteroatoms. The van der Waals surface area contributed by atoms with Crippen LogP contribution in [0.5, 0.6) is 0 Å². The fraction of sp³-hybridized carbons (Fsp3) is 0.692. The van der Waals surface area contributed by atoms with Crippen molar-refractivity contribution in [3.63, 3.8) is 0 Å². The van der Waals surface area contributed by atoms with Crippen LogP contribution < -0.4 is 5.73 Å². The molecule has 0 radical (unpaired) electrons. The minimum Gasteiger partial charge on any atom is -0.333 e. The highest BCUT2D eigenvalue weighted by Gasteiger charge is 2.29. The molecule has 0 unspecified atom stereocenters. The fourth-order valence-corrected chi connectivity index (χ4v) is 3.06. The van der Waals surface area contributed by atoms with Crippen LogP contribution in [0.25, 0.3) is 0 Å². The predicted octanol–water partition coefficient (Wildman–Crippen LogP) is 1.59. The van der Waals surface area contributed by atoms with Gasteiger partial charge in [-0.3, -0.25) is 4.79 Å². The van der Waals surface area contributed by atoms with Crippen LogP contribution in [-0.4, -0.2) is 32.9 Å². The number of carbonyl (C=O) groups excluding carboxylic acids is 1. The maximum atomic E-state index is 12.3. The van der Waals surface area contributed by atoms with Crippen molar-refractivity contribution in [2.75, 3.05) is 6.54 Å². The van der Waals surface area contributed by atoms with Crippen molar-refractivity contribution in [1.29, 1.82) is 0 Å². The third-order valence-corrected chi connectivity index (χ3v) is 4.25. The lowest BCUT2D eigenvalue weighted by molar-refractivity contribution is -0.133. The standard InChI is InChI=1S/C13H20N4O.2ClH/c14-11-3-1-2-10(11)8-13(18)17-7-6-16-5-4-15-12(16)9-17;;/h4-5,10-11H,1-3,6-9,14H2;2*1H/t10-,11+;;/m0../s1. The van der Waals surface area contributed by atoms with E-state index < -0.39 is 0 Å². The van der Waals surface area contributed by atoms with E-state index in [0.29, 0.717) is 18.9 Å². The number of rotatable bonds is 2. The summed E-state index contributed by atoms with van der Waals surface area (Å²) in [5.74, 6) is 1.62. The van der Waals surface area contributed by atoms with Crippen LogP contribution in [0, 0.1) is 5.92 Å². The molecule has 3 rings (SSSR count). The number of nitrogens with zero attached hydrogens (tertiary/aromatic N) is 3. The van der Waals surface area contributed by atoms with Crippen LogP contribution in [0.3, 0.4) is 0 Å². The molecule has 1 amide bonds. The third kappa shape index (κ3) is 3.45. The first-order chi connectivity index (χ1) is 8.74. The van der Waals surface area contributed by atoms with Crippen LogP contribution in [0.4, 0.5) is 0 Å². The Morgan fingerprint density at radius 2 is 2.15 bits per heavy atom. The Morgan fingerprint density at radius 3 is 2.85 bits per heavy atom. The van der Waals surface area contributed by atoms with E-state index in [-0.39, 0.29) is 36.8 Å². The molecule has 0 bridgehead atoms. The van der Waals surface area contributed by atoms with Crippen molar-refractivity contribution >= 4 is 30.7 Å². The molecular formula is C13H22Cl2N4O. The Kier molecular flexibility index (Phi) is 6.30. The number of imidazole rings is 1. The van der Waals surface area contributed by atoms with Crippen LogP contribution in [0.1, 0.15) is 31.5 Å². The van der Waals surface area contributed by atoms with Gasteiger partial charge >= 0.3 is 0 Å². The van der Waals surface area contributed by atoms with E-state index in [1.807, 2.05) is 11.1 Å². The number of aromatic nitrogens is 2. The van der Waals surface area contributed by atoms with E-state index in [4.69, 9.17) is 5.73 Å². The molecule has 1 saturated carbocycles. The fourth-order valence-electron chi connectivity index (χ4n) is 3.06. The van der Waals surface area contributed by atoms with Crippen LogP contribution in [0.15, 0.2) is 12.4 Å². The van der Waals surface area contributed by atoms with Crippen LogP contribution >= 0.6 is 24.8 Å². The normalized spacial score (nSPS) is 24.6. The molecule has 0 spiro atoms. The van der Waals surface area contributed by atoms with Gasteiger partial charge in [-0.1, -0.05) is 6.42 Å². The van der Waals surface area contributed by atoms with Gasteiger partial charge in [-0.2, -0.15) is 0 Å². The van der Waals surface area contributed by atoms with Gasteiger partial charge in [0.1, 0.15) is 5.82 Å². The summed E-state index contributed by atoms with van der Waals surface area (Å²) in [4.78, 5) is 18.5. The summed E-state index contributed by atoms with van der Waals surface area (Å²) in [5, 5.41) is 0. The molecule has 1 aromatic heterocycles. The third-order valence-electron chi connectivity index (χ3n) is 4.25. The van der Waals surface area contributed by atoms with E-state index in [9.17, 15) is 4.79 Å². The summed E-state index contributed by atoms with van der Waals surface area (Å²) in [7, 11) is 0. The van der Waals surface area contributed by atoms with Gasteiger partial charge in [0, 0.05) is 37.9 Å². The van der Waals surface area contributed by atoms with Gasteiger partial charge in [-0.15, -0.1) is 24.8 Å². The highest BCUT2D eigenvalue weighted by Crippen LogP contribution is 2.27. The molecular weight excluding hydrogens is 299 g/mol. The predicted molar refractivity (Wildman–Crippen MR) is 82.1 cm³/mol. The van der Waals surface area contributed by atoms with Gasteiger partial charge < -0.3 is 15.2 Å². The molecule has 20 heavy (non-hydrogen) atoms. The Bertz CT molecular complexity index is 451. The molecule has 2 aliphatic rings. The van der Waals surface area contributed by atoms with Crippen molar-refractivity contribution in [3.05, 3.63) is 18.2 Å². The van der Waals surface area contributed by atoms with E-state index in [1.54, 1.807) is 6.20 Å². The second kappa shape index (κ2) is 7.29. The van der Waals surface area contributed by atoms with Gasteiger partial charge in [0.25, 0.3) is 0 Å². The van der Waals surface area contributed by atoms with E-state index >= 15 is 0 Å². The first kappa shape index (κ1) is 17.3. The Morgan fingerprint density at radius 1 is 1.35 bits per heavy atom. The lowest BCUT2D eigenvalue weighted by atomic mass is 9.99. The molecule has 0 saturated heterocycles. The molecule has 5 nitrogen and oxygen atoms in total. The highest BCUT2D eigenvalue weighted by atomic mass is 35.5. The zero-order valence-corrected chi connectivity index (χ0v) is 13.0. The second-order valence-corrected chi connectivity index (χ2v) is 5.41. The summed E-state index contributed by atoms with van der Waals surface area (Å²) < 4.78 is 2.12. The summed E-state index contributed by atoms with van der Waals surface area (Å²) in [5.41, 5.74) is 6.03. The monoisotopic (exact) mass is 320 g/mol. The lowest BCUT2D eigenvalue weighted by Crippen LogP contribution is -2.40. The van der Waals surface area contributed by atoms with Gasteiger partial charge in [0.05, 0.1) is 6.54 Å². The minimum absolute atomic E-state index is 0. The number of halogens is 2. The van der Waals surface area contributed by atoms with E-state index in [1.165, 1.54) is 6.42 Å². The minimum atomic E-state index is 0. The molecule has 2 heterocycles. The molecule has 2 atom stereocenters. The number of amides is 1. The number of nitrogens with two attached hydrogens (primary N) is 1. The zero-order valence-electron chi connectivity index (χ0n) is 11.4. The SMILES string of the molecule is Cl.Cl.N[C@@H]1CCC[C@H]1CC(=O)N1CCn2ccnc2C1. The largest absolute Gasteiger partial charge is 0.333 e. The van der Waals surface area contributed by atoms with Gasteiger partial charge in [-0.05, 0) is 18.8 Å². The molecule has 1 aliphatic heterocycles. The van der Waals surface area contributed by atoms with Gasteiger partial charge in [0.15, 0.2) is 0 Å². The summed E-state index contributed by atoms with van der Waals surface area (Å²) in [6.45, 7) is 2.30. The van der Waals surface area contributed by atoms with Crippen LogP contribution in [0.2, 0.25) is 0 Å². The van der Waals surface area contributed by atoms with E-state index in [0.717, 1.165) is 31.8 Å². The summed E-state index contributed by atoms with van der Waals surface area (Å²) >= 11 is 0. The highest BCUT2D eigenvalue weighted by molar-refractivity contribution is 5.85. The number of carbonyl (C=O) groups is 1. The average Bonchev–Trinajstić information content (AvgIpc) is 2.98. The quantitative estimate of drug-likeness (QED) is 0.900. The Labute approximate surface area is 131 Å². The first-order valence-corrected chi connectivity index (χ1v) is 6.77.